The summed E-state index contributed by atoms with van der Waals surface area (Å²) in [4.78, 5) is 15.7. The minimum atomic E-state index is -0.718. The third-order valence-electron chi connectivity index (χ3n) is 4.95. The van der Waals surface area contributed by atoms with Gasteiger partial charge in [0.25, 0.3) is 5.91 Å². The summed E-state index contributed by atoms with van der Waals surface area (Å²) in [5, 5.41) is 2.75. The van der Waals surface area contributed by atoms with Crippen molar-refractivity contribution in [3.63, 3.8) is 0 Å². The summed E-state index contributed by atoms with van der Waals surface area (Å²) in [5.41, 5.74) is 7.94. The number of anilines is 1. The number of benzene rings is 2. The molecule has 0 saturated heterocycles. The maximum Gasteiger partial charge on any atom is 0.255 e. The number of nitrogens with one attached hydrogen (secondary N) is 1. The molecule has 0 bridgehead atoms. The van der Waals surface area contributed by atoms with Crippen LogP contribution >= 0.6 is 0 Å². The van der Waals surface area contributed by atoms with Crippen LogP contribution in [-0.4, -0.2) is 10.9 Å². The second-order valence-electron chi connectivity index (χ2n) is 7.36. The van der Waals surface area contributed by atoms with E-state index in [2.05, 4.69) is 36.3 Å². The highest BCUT2D eigenvalue weighted by Crippen LogP contribution is 2.23. The molecule has 2 aromatic carbocycles. The van der Waals surface area contributed by atoms with Gasteiger partial charge in [0.1, 0.15) is 17.3 Å². The first-order valence-corrected chi connectivity index (χ1v) is 10.0. The Morgan fingerprint density at radius 2 is 1.63 bits per heavy atom. The summed E-state index contributed by atoms with van der Waals surface area (Å²) in [6, 6.07) is 18.0. The number of nitrogen functional groups attached to an aromatic ring is 1. The van der Waals surface area contributed by atoms with Crippen molar-refractivity contribution < 1.29 is 13.9 Å². The van der Waals surface area contributed by atoms with Gasteiger partial charge in [0.05, 0.1) is 5.56 Å². The van der Waals surface area contributed by atoms with Crippen molar-refractivity contribution in [2.24, 2.45) is 5.92 Å². The summed E-state index contributed by atoms with van der Waals surface area (Å²) < 4.78 is 18.9. The van der Waals surface area contributed by atoms with Crippen molar-refractivity contribution in [3.8, 4) is 11.5 Å². The van der Waals surface area contributed by atoms with E-state index >= 15 is 0 Å². The lowest BCUT2D eigenvalue weighted by atomic mass is 9.99. The number of hydrogen-bond acceptors (Lipinski definition) is 4. The summed E-state index contributed by atoms with van der Waals surface area (Å²) in [6.45, 7) is 4.76. The first kappa shape index (κ1) is 21.3. The molecule has 1 amide bonds. The molecule has 1 heterocycles. The second-order valence-corrected chi connectivity index (χ2v) is 7.36. The van der Waals surface area contributed by atoms with Gasteiger partial charge in [-0.05, 0) is 59.9 Å². The zero-order valence-corrected chi connectivity index (χ0v) is 17.2. The molecule has 0 radical (unpaired) electrons. The number of carbonyl (C=O) groups is 1. The van der Waals surface area contributed by atoms with Crippen LogP contribution in [0.3, 0.4) is 0 Å². The summed E-state index contributed by atoms with van der Waals surface area (Å²) in [7, 11) is 0. The number of halogens is 1. The van der Waals surface area contributed by atoms with Gasteiger partial charge in [0.15, 0.2) is 0 Å². The third-order valence-corrected chi connectivity index (χ3v) is 4.95. The molecule has 3 aromatic rings. The minimum absolute atomic E-state index is 0.133. The molecule has 0 aliphatic carbocycles. The molecule has 6 heteroatoms. The van der Waals surface area contributed by atoms with Gasteiger partial charge in [-0.15, -0.1) is 0 Å². The Morgan fingerprint density at radius 1 is 1.03 bits per heavy atom. The van der Waals surface area contributed by atoms with Crippen LogP contribution in [0.1, 0.15) is 41.8 Å². The zero-order valence-electron chi connectivity index (χ0n) is 17.2. The van der Waals surface area contributed by atoms with E-state index in [1.807, 2.05) is 36.4 Å². The molecule has 1 aromatic heterocycles. The lowest BCUT2D eigenvalue weighted by Gasteiger charge is -2.11. The number of pyridine rings is 1. The molecule has 0 saturated carbocycles. The van der Waals surface area contributed by atoms with Gasteiger partial charge in [0, 0.05) is 6.54 Å². The topological polar surface area (TPSA) is 77.2 Å². The average Bonchev–Trinajstić information content (AvgIpc) is 2.74. The van der Waals surface area contributed by atoms with Gasteiger partial charge in [-0.1, -0.05) is 44.5 Å². The monoisotopic (exact) mass is 407 g/mol. The molecular weight excluding hydrogens is 381 g/mol. The van der Waals surface area contributed by atoms with Crippen LogP contribution in [0.15, 0.2) is 60.7 Å². The minimum Gasteiger partial charge on any atom is -0.457 e. The van der Waals surface area contributed by atoms with Crippen LogP contribution in [0.5, 0.6) is 11.5 Å². The SMILES string of the molecule is CCC(C)Cc1ccc(Oc2ccc(CNC(=O)c3ccc(F)nc3N)cc2)cc1. The van der Waals surface area contributed by atoms with Crippen LogP contribution in [0.4, 0.5) is 10.2 Å². The Balaban J connectivity index is 1.54. The van der Waals surface area contributed by atoms with Gasteiger partial charge >= 0.3 is 0 Å². The fourth-order valence-electron chi connectivity index (χ4n) is 2.97. The van der Waals surface area contributed by atoms with Crippen molar-refractivity contribution >= 4 is 11.7 Å². The van der Waals surface area contributed by atoms with E-state index in [0.717, 1.165) is 23.8 Å². The van der Waals surface area contributed by atoms with Gasteiger partial charge < -0.3 is 15.8 Å². The Hall–Kier alpha value is -3.41. The quantitative estimate of drug-likeness (QED) is 0.509. The summed E-state index contributed by atoms with van der Waals surface area (Å²) in [6.07, 6.45) is 2.23. The van der Waals surface area contributed by atoms with Crippen LogP contribution in [0.25, 0.3) is 0 Å². The van der Waals surface area contributed by atoms with Gasteiger partial charge in [-0.25, -0.2) is 4.98 Å². The van der Waals surface area contributed by atoms with Crippen LogP contribution in [0.2, 0.25) is 0 Å². The zero-order chi connectivity index (χ0) is 21.5. The number of amides is 1. The lowest BCUT2D eigenvalue weighted by molar-refractivity contribution is 0.0951. The highest BCUT2D eigenvalue weighted by Gasteiger charge is 2.11. The molecule has 1 atom stereocenters. The predicted octanol–water partition coefficient (Wildman–Crippen LogP) is 5.11. The van der Waals surface area contributed by atoms with Crippen molar-refractivity contribution in [1.29, 1.82) is 0 Å². The van der Waals surface area contributed by atoms with Gasteiger partial charge in [-0.2, -0.15) is 4.39 Å². The smallest absolute Gasteiger partial charge is 0.255 e. The highest BCUT2D eigenvalue weighted by molar-refractivity contribution is 5.98. The predicted molar refractivity (Wildman–Crippen MR) is 116 cm³/mol. The molecule has 0 spiro atoms. The first-order valence-electron chi connectivity index (χ1n) is 10.0. The number of nitrogens with two attached hydrogens (primary N) is 1. The van der Waals surface area contributed by atoms with E-state index in [4.69, 9.17) is 10.5 Å². The molecule has 3 N–H and O–H groups in total. The third kappa shape index (κ3) is 5.80. The van der Waals surface area contributed by atoms with E-state index in [1.54, 1.807) is 0 Å². The maximum atomic E-state index is 13.0. The number of nitrogens with zero attached hydrogens (tertiary/aromatic N) is 1. The fourth-order valence-corrected chi connectivity index (χ4v) is 2.97. The summed E-state index contributed by atoms with van der Waals surface area (Å²) in [5.74, 6) is 0.907. The Kier molecular flexibility index (Phi) is 7.01. The lowest BCUT2D eigenvalue weighted by Crippen LogP contribution is -2.24. The van der Waals surface area contributed by atoms with E-state index in [9.17, 15) is 9.18 Å². The second kappa shape index (κ2) is 9.87. The molecule has 156 valence electrons. The van der Waals surface area contributed by atoms with Crippen LogP contribution in [-0.2, 0) is 13.0 Å². The van der Waals surface area contributed by atoms with Crippen LogP contribution in [0, 0.1) is 11.9 Å². The fraction of sp³-hybridized carbons (Fsp3) is 0.250. The number of ether oxygens (including phenoxy) is 1. The number of hydrogen-bond donors (Lipinski definition) is 2. The molecule has 30 heavy (non-hydrogen) atoms. The maximum absolute atomic E-state index is 13.0. The number of rotatable bonds is 8. The molecular formula is C24H26FN3O2. The van der Waals surface area contributed by atoms with Crippen LogP contribution < -0.4 is 15.8 Å². The highest BCUT2D eigenvalue weighted by atomic mass is 19.1. The number of aromatic nitrogens is 1. The van der Waals surface area contributed by atoms with Gasteiger partial charge in [0.2, 0.25) is 5.95 Å². The van der Waals surface area contributed by atoms with Crippen molar-refractivity contribution in [2.45, 2.75) is 33.2 Å². The van der Waals surface area contributed by atoms with Crippen molar-refractivity contribution in [1.82, 2.24) is 10.3 Å². The molecule has 1 unspecified atom stereocenters. The van der Waals surface area contributed by atoms with Crippen molar-refractivity contribution in [3.05, 3.63) is 83.3 Å². The van der Waals surface area contributed by atoms with E-state index in [-0.39, 0.29) is 11.4 Å². The normalized spacial score (nSPS) is 11.7. The molecule has 0 fully saturated rings. The number of carbonyl (C=O) groups excluding carboxylic acids is 1. The molecule has 0 aliphatic rings. The standard InChI is InChI=1S/C24H26FN3O2/c1-3-16(2)14-17-4-8-19(9-5-17)30-20-10-6-18(7-11-20)15-27-24(29)21-12-13-22(25)28-23(21)26/h4-13,16H,3,14-15H2,1-2H3,(H2,26,28)(H,27,29). The van der Waals surface area contributed by atoms with Crippen molar-refractivity contribution in [2.75, 3.05) is 5.73 Å². The molecule has 3 rings (SSSR count). The largest absolute Gasteiger partial charge is 0.457 e. The van der Waals surface area contributed by atoms with E-state index in [0.29, 0.717) is 18.2 Å². The summed E-state index contributed by atoms with van der Waals surface area (Å²) >= 11 is 0. The van der Waals surface area contributed by atoms with E-state index < -0.39 is 11.9 Å². The Bertz CT molecular complexity index is 988. The average molecular weight is 407 g/mol. The first-order chi connectivity index (χ1) is 14.4. The molecule has 5 nitrogen and oxygen atoms in total. The Labute approximate surface area is 176 Å². The van der Waals surface area contributed by atoms with Gasteiger partial charge in [-0.3, -0.25) is 4.79 Å². The molecule has 0 aliphatic heterocycles. The Morgan fingerprint density at radius 3 is 2.20 bits per heavy atom. The van der Waals surface area contributed by atoms with E-state index in [1.165, 1.54) is 18.1 Å².